The van der Waals surface area contributed by atoms with Gasteiger partial charge in [-0.3, -0.25) is 4.79 Å². The molecule has 2 aromatic heterocycles. The minimum Gasteiger partial charge on any atom is -0.357 e. The van der Waals surface area contributed by atoms with Crippen molar-refractivity contribution in [2.75, 3.05) is 25.5 Å². The molecule has 1 aliphatic heterocycles. The van der Waals surface area contributed by atoms with Gasteiger partial charge in [0.15, 0.2) is 0 Å². The highest BCUT2D eigenvalue weighted by atomic mass is 16.2. The van der Waals surface area contributed by atoms with E-state index in [-0.39, 0.29) is 17.5 Å². The van der Waals surface area contributed by atoms with Crippen LogP contribution in [0, 0.1) is 0 Å². The summed E-state index contributed by atoms with van der Waals surface area (Å²) in [5, 5.41) is 9.64. The number of nitrogens with zero attached hydrogens (tertiary/aromatic N) is 5. The van der Waals surface area contributed by atoms with Gasteiger partial charge in [0.1, 0.15) is 5.82 Å². The second kappa shape index (κ2) is 7.63. The third-order valence-corrected chi connectivity index (χ3v) is 4.91. The first-order chi connectivity index (χ1) is 13.7. The number of amides is 1. The van der Waals surface area contributed by atoms with E-state index in [0.29, 0.717) is 30.4 Å². The predicted molar refractivity (Wildman–Crippen MR) is 104 cm³/mol. The van der Waals surface area contributed by atoms with Crippen LogP contribution in [0.25, 0.3) is 5.69 Å². The van der Waals surface area contributed by atoms with E-state index in [1.54, 1.807) is 16.5 Å². The quantitative estimate of drug-likeness (QED) is 0.709. The number of para-hydroxylation sites is 1. The highest BCUT2D eigenvalue weighted by Crippen LogP contribution is 2.27. The molecule has 1 aromatic carbocycles. The maximum atomic E-state index is 12.9. The molecule has 3 aromatic rings. The predicted octanol–water partition coefficient (Wildman–Crippen LogP) is 1.41. The molecule has 0 radical (unpaired) electrons. The first-order valence-corrected chi connectivity index (χ1v) is 9.19. The first-order valence-electron chi connectivity index (χ1n) is 9.19. The molecule has 1 aliphatic rings. The van der Waals surface area contributed by atoms with Gasteiger partial charge in [0.05, 0.1) is 11.3 Å². The number of carbonyl (C=O) groups excluding carboxylic acids is 1. The van der Waals surface area contributed by atoms with Crippen LogP contribution in [0.3, 0.4) is 0 Å². The summed E-state index contributed by atoms with van der Waals surface area (Å²) in [4.78, 5) is 35.2. The van der Waals surface area contributed by atoms with Crippen LogP contribution >= 0.6 is 0 Å². The van der Waals surface area contributed by atoms with Gasteiger partial charge in [-0.2, -0.15) is 5.10 Å². The molecule has 0 aliphatic carbocycles. The van der Waals surface area contributed by atoms with Gasteiger partial charge in [-0.05, 0) is 25.0 Å². The smallest absolute Gasteiger partial charge is 0.347 e. The maximum absolute atomic E-state index is 12.9. The molecule has 1 atom stereocenters. The largest absolute Gasteiger partial charge is 0.357 e. The van der Waals surface area contributed by atoms with Gasteiger partial charge in [0, 0.05) is 38.4 Å². The Kier molecular flexibility index (Phi) is 4.88. The number of likely N-dealkylation sites (tertiary alicyclic amines) is 1. The van der Waals surface area contributed by atoms with Gasteiger partial charge >= 0.3 is 5.69 Å². The zero-order chi connectivity index (χ0) is 19.5. The molecule has 0 saturated carbocycles. The number of anilines is 1. The minimum atomic E-state index is -0.277. The minimum absolute atomic E-state index is 0.0330. The number of aromatic nitrogens is 5. The SMILES string of the molecule is CNc1ncc(C(=O)N2CCC[C@H](c3n[nH]c(=O)n3-c3ccccc3)C2)cn1. The molecule has 0 spiro atoms. The lowest BCUT2D eigenvalue weighted by Crippen LogP contribution is -2.40. The Morgan fingerprint density at radius 2 is 1.96 bits per heavy atom. The average molecular weight is 379 g/mol. The van der Waals surface area contributed by atoms with Crippen LogP contribution in [0.15, 0.2) is 47.5 Å². The molecule has 28 heavy (non-hydrogen) atoms. The zero-order valence-corrected chi connectivity index (χ0v) is 15.5. The van der Waals surface area contributed by atoms with E-state index in [1.165, 1.54) is 12.4 Å². The van der Waals surface area contributed by atoms with Crippen molar-refractivity contribution < 1.29 is 4.79 Å². The third-order valence-electron chi connectivity index (χ3n) is 4.91. The molecule has 3 heterocycles. The van der Waals surface area contributed by atoms with Crippen molar-refractivity contribution in [1.82, 2.24) is 29.6 Å². The van der Waals surface area contributed by atoms with Gasteiger partial charge < -0.3 is 10.2 Å². The lowest BCUT2D eigenvalue weighted by atomic mass is 9.96. The van der Waals surface area contributed by atoms with Crippen molar-refractivity contribution in [3.05, 3.63) is 64.6 Å². The zero-order valence-electron chi connectivity index (χ0n) is 15.5. The van der Waals surface area contributed by atoms with E-state index in [9.17, 15) is 9.59 Å². The van der Waals surface area contributed by atoms with E-state index in [1.807, 2.05) is 30.3 Å². The lowest BCUT2D eigenvalue weighted by molar-refractivity contribution is 0.0703. The summed E-state index contributed by atoms with van der Waals surface area (Å²) in [5.41, 5.74) is 0.929. The topological polar surface area (TPSA) is 109 Å². The normalized spacial score (nSPS) is 16.8. The molecule has 4 rings (SSSR count). The fourth-order valence-corrected chi connectivity index (χ4v) is 3.53. The first kappa shape index (κ1) is 17.9. The Morgan fingerprint density at radius 1 is 1.21 bits per heavy atom. The van der Waals surface area contributed by atoms with Crippen molar-refractivity contribution in [2.45, 2.75) is 18.8 Å². The average Bonchev–Trinajstić information content (AvgIpc) is 3.15. The highest BCUT2D eigenvalue weighted by Gasteiger charge is 2.29. The highest BCUT2D eigenvalue weighted by molar-refractivity contribution is 5.93. The fraction of sp³-hybridized carbons (Fsp3) is 0.316. The molecule has 1 saturated heterocycles. The second-order valence-corrected chi connectivity index (χ2v) is 6.69. The summed E-state index contributed by atoms with van der Waals surface area (Å²) in [6.45, 7) is 1.15. The standard InChI is InChI=1S/C19H21N7O2/c1-20-18-21-10-14(11-22-18)17(27)25-9-5-6-13(12-25)16-23-24-19(28)26(16)15-7-3-2-4-8-15/h2-4,7-8,10-11,13H,5-6,9,12H2,1H3,(H,24,28)(H,20,21,22)/t13-/m0/s1. The van der Waals surface area contributed by atoms with Gasteiger partial charge in [0.25, 0.3) is 5.91 Å². The van der Waals surface area contributed by atoms with Gasteiger partial charge in [0.2, 0.25) is 5.95 Å². The number of hydrogen-bond donors (Lipinski definition) is 2. The number of carbonyl (C=O) groups is 1. The molecule has 9 nitrogen and oxygen atoms in total. The van der Waals surface area contributed by atoms with Crippen LogP contribution in [0.2, 0.25) is 0 Å². The summed E-state index contributed by atoms with van der Waals surface area (Å²) in [7, 11) is 1.72. The molecule has 1 fully saturated rings. The van der Waals surface area contributed by atoms with E-state index < -0.39 is 0 Å². The van der Waals surface area contributed by atoms with Crippen LogP contribution < -0.4 is 11.0 Å². The van der Waals surface area contributed by atoms with Crippen LogP contribution in [0.1, 0.15) is 34.9 Å². The Hall–Kier alpha value is -3.49. The van der Waals surface area contributed by atoms with Crippen LogP contribution in [0.4, 0.5) is 5.95 Å². The second-order valence-electron chi connectivity index (χ2n) is 6.69. The molecule has 144 valence electrons. The van der Waals surface area contributed by atoms with Gasteiger partial charge in [-0.15, -0.1) is 0 Å². The summed E-state index contributed by atoms with van der Waals surface area (Å²) >= 11 is 0. The Morgan fingerprint density at radius 3 is 2.68 bits per heavy atom. The Labute approximate surface area is 161 Å². The van der Waals surface area contributed by atoms with Gasteiger partial charge in [-0.1, -0.05) is 18.2 Å². The van der Waals surface area contributed by atoms with E-state index >= 15 is 0 Å². The molecule has 9 heteroatoms. The molecule has 0 bridgehead atoms. The molecule has 2 N–H and O–H groups in total. The number of benzene rings is 1. The summed E-state index contributed by atoms with van der Waals surface area (Å²) < 4.78 is 1.59. The Bertz CT molecular complexity index is 1010. The number of nitrogens with one attached hydrogen (secondary N) is 2. The molecule has 0 unspecified atom stereocenters. The van der Waals surface area contributed by atoms with Crippen molar-refractivity contribution in [3.8, 4) is 5.69 Å². The summed E-state index contributed by atoms with van der Waals surface area (Å²) in [6.07, 6.45) is 4.75. The van der Waals surface area contributed by atoms with E-state index in [0.717, 1.165) is 18.5 Å². The molecule has 1 amide bonds. The van der Waals surface area contributed by atoms with Crippen LogP contribution in [-0.4, -0.2) is 55.7 Å². The van der Waals surface area contributed by atoms with E-state index in [4.69, 9.17) is 0 Å². The number of rotatable bonds is 4. The van der Waals surface area contributed by atoms with Crippen molar-refractivity contribution in [3.63, 3.8) is 0 Å². The number of H-pyrrole nitrogens is 1. The number of piperidine rings is 1. The fourth-order valence-electron chi connectivity index (χ4n) is 3.53. The monoisotopic (exact) mass is 379 g/mol. The van der Waals surface area contributed by atoms with Crippen molar-refractivity contribution >= 4 is 11.9 Å². The Balaban J connectivity index is 1.58. The van der Waals surface area contributed by atoms with Gasteiger partial charge in [-0.25, -0.2) is 24.4 Å². The third kappa shape index (κ3) is 3.38. The number of aromatic amines is 1. The lowest BCUT2D eigenvalue weighted by Gasteiger charge is -2.32. The van der Waals surface area contributed by atoms with Crippen molar-refractivity contribution in [1.29, 1.82) is 0 Å². The van der Waals surface area contributed by atoms with E-state index in [2.05, 4.69) is 25.5 Å². The van der Waals surface area contributed by atoms with Crippen LogP contribution in [-0.2, 0) is 0 Å². The summed E-state index contributed by atoms with van der Waals surface area (Å²) in [6, 6.07) is 9.39. The van der Waals surface area contributed by atoms with Crippen LogP contribution in [0.5, 0.6) is 0 Å². The molecular formula is C19H21N7O2. The summed E-state index contributed by atoms with van der Waals surface area (Å²) in [5.74, 6) is 0.970. The van der Waals surface area contributed by atoms with Crippen molar-refractivity contribution in [2.24, 2.45) is 0 Å². The number of hydrogen-bond acceptors (Lipinski definition) is 6. The molecular weight excluding hydrogens is 358 g/mol. The maximum Gasteiger partial charge on any atom is 0.347 e.